The molecule has 1 heterocycles. The van der Waals surface area contributed by atoms with Crippen molar-refractivity contribution in [1.82, 2.24) is 9.97 Å². The van der Waals surface area contributed by atoms with Gasteiger partial charge in [0.25, 0.3) is 0 Å². The van der Waals surface area contributed by atoms with Crippen molar-refractivity contribution in [2.24, 2.45) is 0 Å². The normalized spacial score (nSPS) is 10.5. The smallest absolute Gasteiger partial charge is 0.131 e. The Morgan fingerprint density at radius 2 is 2.05 bits per heavy atom. The second-order valence-corrected chi connectivity index (χ2v) is 4.94. The van der Waals surface area contributed by atoms with Gasteiger partial charge in [-0.3, -0.25) is 0 Å². The minimum Gasteiger partial charge on any atom is -0.496 e. The van der Waals surface area contributed by atoms with E-state index in [0.29, 0.717) is 4.64 Å². The van der Waals surface area contributed by atoms with Gasteiger partial charge in [0.05, 0.1) is 12.8 Å². The lowest BCUT2D eigenvalue weighted by atomic mass is 10.0. The molecule has 0 fully saturated rings. The summed E-state index contributed by atoms with van der Waals surface area (Å²) >= 11 is 5.22. The van der Waals surface area contributed by atoms with Crippen LogP contribution in [0.25, 0.3) is 11.3 Å². The van der Waals surface area contributed by atoms with Crippen LogP contribution < -0.4 is 4.74 Å². The monoisotopic (exact) mass is 274 g/mol. The van der Waals surface area contributed by atoms with Gasteiger partial charge in [-0.1, -0.05) is 25.2 Å². The molecule has 0 aliphatic carbocycles. The van der Waals surface area contributed by atoms with E-state index < -0.39 is 0 Å². The summed E-state index contributed by atoms with van der Waals surface area (Å²) in [6.45, 7) is 6.19. The number of H-pyrrole nitrogens is 1. The second kappa shape index (κ2) is 5.53. The summed E-state index contributed by atoms with van der Waals surface area (Å²) in [6.07, 6.45) is 0.824. The van der Waals surface area contributed by atoms with Gasteiger partial charge in [0, 0.05) is 12.0 Å². The number of aromatic nitrogens is 2. The summed E-state index contributed by atoms with van der Waals surface area (Å²) in [5.74, 6) is 1.78. The molecule has 0 spiro atoms. The van der Waals surface area contributed by atoms with Crippen LogP contribution in [0.2, 0.25) is 0 Å². The van der Waals surface area contributed by atoms with Gasteiger partial charge >= 0.3 is 0 Å². The first-order valence-corrected chi connectivity index (χ1v) is 6.72. The van der Waals surface area contributed by atoms with Crippen molar-refractivity contribution in [3.05, 3.63) is 39.8 Å². The Morgan fingerprint density at radius 3 is 2.68 bits per heavy atom. The molecule has 100 valence electrons. The lowest BCUT2D eigenvalue weighted by molar-refractivity contribution is 0.413. The number of nitrogens with zero attached hydrogens (tertiary/aromatic N) is 1. The van der Waals surface area contributed by atoms with Gasteiger partial charge in [0.1, 0.15) is 16.2 Å². The Bertz CT molecular complexity index is 662. The fourth-order valence-corrected chi connectivity index (χ4v) is 2.31. The maximum atomic E-state index is 5.55. The fourth-order valence-electron chi connectivity index (χ4n) is 2.09. The van der Waals surface area contributed by atoms with Gasteiger partial charge in [-0.2, -0.15) is 0 Å². The van der Waals surface area contributed by atoms with Gasteiger partial charge in [0.15, 0.2) is 0 Å². The number of methoxy groups -OCH3 is 1. The van der Waals surface area contributed by atoms with Crippen LogP contribution in [-0.4, -0.2) is 17.1 Å². The summed E-state index contributed by atoms with van der Waals surface area (Å²) in [4.78, 5) is 7.61. The quantitative estimate of drug-likeness (QED) is 0.860. The Hall–Kier alpha value is -1.68. The van der Waals surface area contributed by atoms with Crippen molar-refractivity contribution < 1.29 is 4.74 Å². The number of aromatic amines is 1. The third kappa shape index (κ3) is 2.68. The predicted octanol–water partition coefficient (Wildman–Crippen LogP) is 3.99. The molecule has 1 N–H and O–H groups in total. The fraction of sp³-hybridized carbons (Fsp3) is 0.333. The molecule has 4 heteroatoms. The van der Waals surface area contributed by atoms with Crippen molar-refractivity contribution in [1.29, 1.82) is 0 Å². The van der Waals surface area contributed by atoms with Gasteiger partial charge in [-0.15, -0.1) is 0 Å². The SMILES string of the molecule is CCc1nc(=S)cc(-c2ccc(C)c(C)c2OC)[nH]1. The molecule has 0 amide bonds. The van der Waals surface area contributed by atoms with Crippen LogP contribution in [0.4, 0.5) is 0 Å². The molecule has 0 unspecified atom stereocenters. The number of hydrogen-bond acceptors (Lipinski definition) is 3. The number of hydrogen-bond donors (Lipinski definition) is 1. The zero-order valence-corrected chi connectivity index (χ0v) is 12.5. The van der Waals surface area contributed by atoms with E-state index in [9.17, 15) is 0 Å². The number of nitrogens with one attached hydrogen (secondary N) is 1. The first-order chi connectivity index (χ1) is 9.06. The van der Waals surface area contributed by atoms with E-state index in [1.54, 1.807) is 7.11 Å². The summed E-state index contributed by atoms with van der Waals surface area (Å²) < 4.78 is 6.15. The average molecular weight is 274 g/mol. The molecule has 2 aromatic rings. The molecule has 1 aromatic carbocycles. The van der Waals surface area contributed by atoms with Crippen LogP contribution in [-0.2, 0) is 6.42 Å². The predicted molar refractivity (Wildman–Crippen MR) is 80.3 cm³/mol. The van der Waals surface area contributed by atoms with E-state index in [1.165, 1.54) is 5.56 Å². The molecular formula is C15H18N2OS. The van der Waals surface area contributed by atoms with E-state index in [4.69, 9.17) is 17.0 Å². The summed E-state index contributed by atoms with van der Waals surface area (Å²) in [7, 11) is 1.70. The molecule has 2 rings (SSSR count). The van der Waals surface area contributed by atoms with Gasteiger partial charge in [-0.05, 0) is 37.1 Å². The Morgan fingerprint density at radius 1 is 1.32 bits per heavy atom. The Balaban J connectivity index is 2.68. The topological polar surface area (TPSA) is 37.9 Å². The highest BCUT2D eigenvalue weighted by molar-refractivity contribution is 7.71. The maximum Gasteiger partial charge on any atom is 0.131 e. The summed E-state index contributed by atoms with van der Waals surface area (Å²) in [6, 6.07) is 6.03. The van der Waals surface area contributed by atoms with Crippen LogP contribution in [0.1, 0.15) is 23.9 Å². The Labute approximate surface area is 118 Å². The summed E-state index contributed by atoms with van der Waals surface area (Å²) in [5, 5.41) is 0. The van der Waals surface area contributed by atoms with Gasteiger partial charge in [0.2, 0.25) is 0 Å². The molecule has 0 aliphatic heterocycles. The third-order valence-corrected chi connectivity index (χ3v) is 3.51. The molecule has 0 saturated carbocycles. The Kier molecular flexibility index (Phi) is 4.00. The molecule has 0 saturated heterocycles. The van der Waals surface area contributed by atoms with Crippen molar-refractivity contribution in [2.75, 3.05) is 7.11 Å². The summed E-state index contributed by atoms with van der Waals surface area (Å²) in [5.41, 5.74) is 4.34. The van der Waals surface area contributed by atoms with Crippen molar-refractivity contribution in [3.63, 3.8) is 0 Å². The van der Waals surface area contributed by atoms with E-state index in [-0.39, 0.29) is 0 Å². The van der Waals surface area contributed by atoms with Gasteiger partial charge in [-0.25, -0.2) is 4.98 Å². The van der Waals surface area contributed by atoms with E-state index in [2.05, 4.69) is 42.9 Å². The average Bonchev–Trinajstić information content (AvgIpc) is 2.40. The van der Waals surface area contributed by atoms with Crippen LogP contribution >= 0.6 is 12.2 Å². The molecule has 0 aliphatic rings. The second-order valence-electron chi connectivity index (χ2n) is 4.52. The highest BCUT2D eigenvalue weighted by Gasteiger charge is 2.11. The van der Waals surface area contributed by atoms with Crippen LogP contribution in [0.3, 0.4) is 0 Å². The van der Waals surface area contributed by atoms with E-state index in [1.807, 2.05) is 6.07 Å². The molecule has 3 nitrogen and oxygen atoms in total. The number of benzene rings is 1. The zero-order valence-electron chi connectivity index (χ0n) is 11.7. The van der Waals surface area contributed by atoms with Crippen LogP contribution in [0.5, 0.6) is 5.75 Å². The minimum atomic E-state index is 0.603. The number of ether oxygens (including phenoxy) is 1. The third-order valence-electron chi connectivity index (χ3n) is 3.30. The van der Waals surface area contributed by atoms with Crippen molar-refractivity contribution >= 4 is 12.2 Å². The number of aryl methyl sites for hydroxylation is 2. The standard InChI is InChI=1S/C15H18N2OS/c1-5-13-16-12(8-14(19)17-13)11-7-6-9(2)10(3)15(11)18-4/h6-8H,5H2,1-4H3,(H,16,17,19). The molecular weight excluding hydrogens is 256 g/mol. The van der Waals surface area contributed by atoms with Crippen molar-refractivity contribution in [2.45, 2.75) is 27.2 Å². The minimum absolute atomic E-state index is 0.603. The highest BCUT2D eigenvalue weighted by Crippen LogP contribution is 2.33. The van der Waals surface area contributed by atoms with Crippen LogP contribution in [0.15, 0.2) is 18.2 Å². The number of rotatable bonds is 3. The molecule has 1 aromatic heterocycles. The molecule has 0 bridgehead atoms. The molecule has 0 radical (unpaired) electrons. The zero-order chi connectivity index (χ0) is 14.0. The lowest BCUT2D eigenvalue weighted by Gasteiger charge is -2.14. The maximum absolute atomic E-state index is 5.55. The van der Waals surface area contributed by atoms with Crippen molar-refractivity contribution in [3.8, 4) is 17.0 Å². The van der Waals surface area contributed by atoms with Gasteiger partial charge < -0.3 is 9.72 Å². The van der Waals surface area contributed by atoms with E-state index >= 15 is 0 Å². The lowest BCUT2D eigenvalue weighted by Crippen LogP contribution is -1.99. The van der Waals surface area contributed by atoms with E-state index in [0.717, 1.165) is 34.8 Å². The molecule has 19 heavy (non-hydrogen) atoms. The first-order valence-electron chi connectivity index (χ1n) is 6.31. The largest absolute Gasteiger partial charge is 0.496 e. The van der Waals surface area contributed by atoms with Crippen LogP contribution in [0, 0.1) is 18.5 Å². The highest BCUT2D eigenvalue weighted by atomic mass is 32.1. The molecule has 0 atom stereocenters. The first kappa shape index (κ1) is 13.7.